The van der Waals surface area contributed by atoms with E-state index in [2.05, 4.69) is 0 Å². The van der Waals surface area contributed by atoms with Gasteiger partial charge in [0.25, 0.3) is 11.8 Å². The van der Waals surface area contributed by atoms with Gasteiger partial charge in [0.2, 0.25) is 0 Å². The lowest BCUT2D eigenvalue weighted by Crippen LogP contribution is -2.46. The summed E-state index contributed by atoms with van der Waals surface area (Å²) in [6.45, 7) is 0. The van der Waals surface area contributed by atoms with E-state index in [1.54, 1.807) is 42.5 Å². The summed E-state index contributed by atoms with van der Waals surface area (Å²) in [6, 6.07) is 19.8. The van der Waals surface area contributed by atoms with Crippen molar-refractivity contribution in [2.75, 3.05) is 14.2 Å². The Kier molecular flexibility index (Phi) is 5.54. The summed E-state index contributed by atoms with van der Waals surface area (Å²) in [5, 5.41) is 0. The fourth-order valence-electron chi connectivity index (χ4n) is 3.81. The maximum absolute atomic E-state index is 13.6. The normalized spacial score (nSPS) is 13.7. The third-order valence-corrected chi connectivity index (χ3v) is 5.38. The Labute approximate surface area is 180 Å². The number of fused-ring (bicyclic) bond motifs is 1. The van der Waals surface area contributed by atoms with Crippen molar-refractivity contribution in [3.63, 3.8) is 0 Å². The van der Waals surface area contributed by atoms with Crippen LogP contribution in [0.4, 0.5) is 0 Å². The molecule has 1 unspecified atom stereocenters. The van der Waals surface area contributed by atoms with E-state index in [4.69, 9.17) is 9.47 Å². The minimum Gasteiger partial charge on any atom is -0.493 e. The van der Waals surface area contributed by atoms with Crippen LogP contribution >= 0.6 is 0 Å². The molecule has 3 aromatic rings. The molecule has 4 rings (SSSR count). The zero-order chi connectivity index (χ0) is 22.0. The standard InChI is InChI=1S/C25H21NO5/c1-30-21-13-12-17(15-22(21)31-2)23(27)20(14-16-8-4-3-5-9-16)26-24(28)18-10-6-7-11-19(18)25(26)29/h3-13,15,20H,14H2,1-2H3. The van der Waals surface area contributed by atoms with E-state index in [1.165, 1.54) is 14.2 Å². The first-order chi connectivity index (χ1) is 15.0. The first kappa shape index (κ1) is 20.3. The number of hydrogen-bond acceptors (Lipinski definition) is 5. The fourth-order valence-corrected chi connectivity index (χ4v) is 3.81. The third-order valence-electron chi connectivity index (χ3n) is 5.38. The summed E-state index contributed by atoms with van der Waals surface area (Å²) in [5.74, 6) is -0.390. The lowest BCUT2D eigenvalue weighted by Gasteiger charge is -2.25. The molecule has 0 spiro atoms. The average Bonchev–Trinajstić information content (AvgIpc) is 3.07. The number of carbonyl (C=O) groups is 3. The number of benzene rings is 3. The van der Waals surface area contributed by atoms with Crippen molar-refractivity contribution in [3.8, 4) is 11.5 Å². The van der Waals surface area contributed by atoms with E-state index in [0.717, 1.165) is 10.5 Å². The summed E-state index contributed by atoms with van der Waals surface area (Å²) in [6.07, 6.45) is 0.208. The van der Waals surface area contributed by atoms with Crippen LogP contribution in [-0.2, 0) is 6.42 Å². The van der Waals surface area contributed by atoms with E-state index in [0.29, 0.717) is 28.2 Å². The predicted octanol–water partition coefficient (Wildman–Crippen LogP) is 3.79. The van der Waals surface area contributed by atoms with E-state index >= 15 is 0 Å². The summed E-state index contributed by atoms with van der Waals surface area (Å²) in [7, 11) is 2.99. The van der Waals surface area contributed by atoms with E-state index in [-0.39, 0.29) is 12.2 Å². The molecule has 6 nitrogen and oxygen atoms in total. The zero-order valence-electron chi connectivity index (χ0n) is 17.2. The maximum Gasteiger partial charge on any atom is 0.262 e. The van der Waals surface area contributed by atoms with Gasteiger partial charge in [-0.3, -0.25) is 19.3 Å². The van der Waals surface area contributed by atoms with Crippen molar-refractivity contribution >= 4 is 17.6 Å². The van der Waals surface area contributed by atoms with E-state index in [9.17, 15) is 14.4 Å². The lowest BCUT2D eigenvalue weighted by molar-refractivity contribution is 0.0540. The number of imide groups is 1. The number of ketones is 1. The molecule has 3 aromatic carbocycles. The smallest absolute Gasteiger partial charge is 0.262 e. The predicted molar refractivity (Wildman–Crippen MR) is 115 cm³/mol. The Morgan fingerprint density at radius 3 is 1.97 bits per heavy atom. The Bertz CT molecular complexity index is 1120. The second-order valence-corrected chi connectivity index (χ2v) is 7.17. The molecule has 0 saturated carbocycles. The van der Waals surface area contributed by atoms with Gasteiger partial charge in [-0.15, -0.1) is 0 Å². The molecule has 1 atom stereocenters. The average molecular weight is 415 g/mol. The van der Waals surface area contributed by atoms with Gasteiger partial charge in [-0.2, -0.15) is 0 Å². The largest absolute Gasteiger partial charge is 0.493 e. The monoisotopic (exact) mass is 415 g/mol. The Balaban J connectivity index is 1.76. The number of amides is 2. The molecule has 1 aliphatic heterocycles. The molecule has 2 amide bonds. The van der Waals surface area contributed by atoms with Gasteiger partial charge in [0, 0.05) is 12.0 Å². The van der Waals surface area contributed by atoms with E-state index < -0.39 is 17.9 Å². The Hall–Kier alpha value is -3.93. The Morgan fingerprint density at radius 2 is 1.39 bits per heavy atom. The minimum atomic E-state index is -0.993. The van der Waals surface area contributed by atoms with Crippen molar-refractivity contribution in [1.29, 1.82) is 0 Å². The molecule has 156 valence electrons. The molecule has 0 radical (unpaired) electrons. The molecule has 0 aliphatic carbocycles. The van der Waals surface area contributed by atoms with Crippen LogP contribution in [0.15, 0.2) is 72.8 Å². The molecule has 0 aromatic heterocycles. The molecule has 1 heterocycles. The number of ether oxygens (including phenoxy) is 2. The van der Waals surface area contributed by atoms with Gasteiger partial charge in [0.1, 0.15) is 6.04 Å². The van der Waals surface area contributed by atoms with Crippen LogP contribution < -0.4 is 9.47 Å². The second kappa shape index (κ2) is 8.44. The maximum atomic E-state index is 13.6. The fraction of sp³-hybridized carbons (Fsp3) is 0.160. The molecule has 0 saturated heterocycles. The first-order valence-corrected chi connectivity index (χ1v) is 9.82. The first-order valence-electron chi connectivity index (χ1n) is 9.82. The highest BCUT2D eigenvalue weighted by Crippen LogP contribution is 2.31. The van der Waals surface area contributed by atoms with Gasteiger partial charge < -0.3 is 9.47 Å². The van der Waals surface area contributed by atoms with Gasteiger partial charge in [-0.1, -0.05) is 42.5 Å². The quantitative estimate of drug-likeness (QED) is 0.434. The van der Waals surface area contributed by atoms with Gasteiger partial charge in [0.05, 0.1) is 25.3 Å². The molecule has 1 aliphatic rings. The van der Waals surface area contributed by atoms with Crippen molar-refractivity contribution < 1.29 is 23.9 Å². The summed E-state index contributed by atoms with van der Waals surface area (Å²) in [4.78, 5) is 40.9. The highest BCUT2D eigenvalue weighted by Gasteiger charge is 2.42. The number of hydrogen-bond donors (Lipinski definition) is 0. The van der Waals surface area contributed by atoms with Crippen LogP contribution in [0, 0.1) is 0 Å². The van der Waals surface area contributed by atoms with Crippen molar-refractivity contribution in [1.82, 2.24) is 4.90 Å². The topological polar surface area (TPSA) is 72.9 Å². The molecule has 0 bridgehead atoms. The highest BCUT2D eigenvalue weighted by atomic mass is 16.5. The summed E-state index contributed by atoms with van der Waals surface area (Å²) in [5.41, 5.74) is 1.80. The molecule has 0 N–H and O–H groups in total. The van der Waals surface area contributed by atoms with Crippen LogP contribution in [0.2, 0.25) is 0 Å². The lowest BCUT2D eigenvalue weighted by atomic mass is 9.96. The molecule has 31 heavy (non-hydrogen) atoms. The van der Waals surface area contributed by atoms with E-state index in [1.807, 2.05) is 30.3 Å². The van der Waals surface area contributed by atoms with Crippen molar-refractivity contribution in [2.24, 2.45) is 0 Å². The Morgan fingerprint density at radius 1 is 0.806 bits per heavy atom. The molecule has 0 fully saturated rings. The number of Topliss-reactive ketones (excluding diaryl/α,β-unsaturated/α-hetero) is 1. The summed E-state index contributed by atoms with van der Waals surface area (Å²) >= 11 is 0. The highest BCUT2D eigenvalue weighted by molar-refractivity contribution is 6.23. The molecular weight excluding hydrogens is 394 g/mol. The number of methoxy groups -OCH3 is 2. The third kappa shape index (κ3) is 3.68. The van der Waals surface area contributed by atoms with Crippen LogP contribution in [-0.4, -0.2) is 42.8 Å². The van der Waals surface area contributed by atoms with Crippen molar-refractivity contribution in [2.45, 2.75) is 12.5 Å². The second-order valence-electron chi connectivity index (χ2n) is 7.17. The number of nitrogens with zero attached hydrogens (tertiary/aromatic N) is 1. The van der Waals surface area contributed by atoms with Crippen LogP contribution in [0.5, 0.6) is 11.5 Å². The van der Waals surface area contributed by atoms with Gasteiger partial charge in [-0.05, 0) is 35.9 Å². The van der Waals surface area contributed by atoms with Crippen LogP contribution in [0.1, 0.15) is 36.6 Å². The van der Waals surface area contributed by atoms with Gasteiger partial charge >= 0.3 is 0 Å². The number of rotatable bonds is 7. The van der Waals surface area contributed by atoms with Gasteiger partial charge in [0.15, 0.2) is 17.3 Å². The van der Waals surface area contributed by atoms with Crippen molar-refractivity contribution in [3.05, 3.63) is 95.1 Å². The van der Waals surface area contributed by atoms with Gasteiger partial charge in [-0.25, -0.2) is 0 Å². The number of carbonyl (C=O) groups excluding carboxylic acids is 3. The molecule has 6 heteroatoms. The zero-order valence-corrected chi connectivity index (χ0v) is 17.2. The molecular formula is C25H21NO5. The van der Waals surface area contributed by atoms with Crippen LogP contribution in [0.3, 0.4) is 0 Å². The van der Waals surface area contributed by atoms with Crippen LogP contribution in [0.25, 0.3) is 0 Å². The minimum absolute atomic E-state index is 0.208. The SMILES string of the molecule is COc1ccc(C(=O)C(Cc2ccccc2)N2C(=O)c3ccccc3C2=O)cc1OC. The summed E-state index contributed by atoms with van der Waals surface area (Å²) < 4.78 is 10.6.